The Bertz CT molecular complexity index is 284. The van der Waals surface area contributed by atoms with Crippen LogP contribution in [0.2, 0.25) is 0 Å². The Morgan fingerprint density at radius 2 is 2.00 bits per heavy atom. The van der Waals surface area contributed by atoms with E-state index in [2.05, 4.69) is 21.2 Å². The zero-order chi connectivity index (χ0) is 10.6. The third-order valence-corrected chi connectivity index (χ3v) is 3.21. The molecule has 1 N–H and O–H groups in total. The van der Waals surface area contributed by atoms with Crippen molar-refractivity contribution in [2.75, 3.05) is 7.05 Å². The Morgan fingerprint density at radius 3 is 2.57 bits per heavy atom. The Hall–Kier alpha value is -0.640. The fraction of sp³-hybridized carbons (Fsp3) is 0.600. The second kappa shape index (κ2) is 5.29. The molecule has 14 heavy (non-hydrogen) atoms. The van der Waals surface area contributed by atoms with Gasteiger partial charge in [0.25, 0.3) is 0 Å². The number of carbonyl (C=O) groups excluding carboxylic acids is 2. The summed E-state index contributed by atoms with van der Waals surface area (Å²) in [6.07, 6.45) is 3.87. The highest BCUT2D eigenvalue weighted by Crippen LogP contribution is 2.29. The molecule has 0 atom stereocenters. The van der Waals surface area contributed by atoms with E-state index in [9.17, 15) is 9.59 Å². The molecule has 0 unspecified atom stereocenters. The van der Waals surface area contributed by atoms with Crippen LogP contribution in [0.4, 0.5) is 0 Å². The maximum atomic E-state index is 11.6. The van der Waals surface area contributed by atoms with Gasteiger partial charge in [-0.05, 0) is 25.7 Å². The normalized spacial score (nSPS) is 16.7. The average Bonchev–Trinajstić information content (AvgIpc) is 2.18. The van der Waals surface area contributed by atoms with E-state index in [1.165, 1.54) is 0 Å². The topological polar surface area (TPSA) is 46.2 Å². The molecule has 0 aromatic carbocycles. The number of hydrogen-bond acceptors (Lipinski definition) is 2. The standard InChI is InChI=1S/C10H14BrNO2/c1-12-10(14)6-9(13)7-4-2-3-5-8(7)11/h2-6H2,1H3,(H,12,14). The summed E-state index contributed by atoms with van der Waals surface area (Å²) in [5, 5.41) is 2.45. The molecule has 1 amide bonds. The van der Waals surface area contributed by atoms with Crippen molar-refractivity contribution in [1.82, 2.24) is 5.32 Å². The monoisotopic (exact) mass is 259 g/mol. The van der Waals surface area contributed by atoms with E-state index < -0.39 is 0 Å². The molecule has 0 aliphatic heterocycles. The molecule has 1 aliphatic carbocycles. The van der Waals surface area contributed by atoms with E-state index in [0.717, 1.165) is 35.7 Å². The zero-order valence-corrected chi connectivity index (χ0v) is 9.82. The summed E-state index contributed by atoms with van der Waals surface area (Å²) in [6, 6.07) is 0. The Balaban J connectivity index is 2.63. The molecule has 0 aromatic heterocycles. The second-order valence-electron chi connectivity index (χ2n) is 3.36. The molecule has 0 aromatic rings. The SMILES string of the molecule is CNC(=O)CC(=O)C1=C(Br)CCCC1. The maximum absolute atomic E-state index is 11.6. The fourth-order valence-corrected chi connectivity index (χ4v) is 2.20. The van der Waals surface area contributed by atoms with Gasteiger partial charge in [-0.2, -0.15) is 0 Å². The molecule has 0 bridgehead atoms. The lowest BCUT2D eigenvalue weighted by Gasteiger charge is -2.14. The molecule has 0 saturated heterocycles. The Morgan fingerprint density at radius 1 is 1.36 bits per heavy atom. The molecule has 0 saturated carbocycles. The summed E-state index contributed by atoms with van der Waals surface area (Å²) >= 11 is 3.39. The van der Waals surface area contributed by atoms with Crippen LogP contribution in [0.3, 0.4) is 0 Å². The summed E-state index contributed by atoms with van der Waals surface area (Å²) in [4.78, 5) is 22.6. The third kappa shape index (κ3) is 2.94. The highest BCUT2D eigenvalue weighted by Gasteiger charge is 2.19. The van der Waals surface area contributed by atoms with Crippen molar-refractivity contribution in [3.05, 3.63) is 10.1 Å². The third-order valence-electron chi connectivity index (χ3n) is 2.34. The zero-order valence-electron chi connectivity index (χ0n) is 8.23. The molecule has 4 heteroatoms. The molecule has 1 rings (SSSR count). The van der Waals surface area contributed by atoms with Crippen LogP contribution in [0, 0.1) is 0 Å². The van der Waals surface area contributed by atoms with Crippen molar-refractivity contribution in [1.29, 1.82) is 0 Å². The molecule has 78 valence electrons. The number of nitrogens with one attached hydrogen (secondary N) is 1. The smallest absolute Gasteiger partial charge is 0.227 e. The minimum absolute atomic E-state index is 0.0269. The van der Waals surface area contributed by atoms with Crippen molar-refractivity contribution in [3.63, 3.8) is 0 Å². The predicted molar refractivity (Wildman–Crippen MR) is 58.1 cm³/mol. The first-order valence-corrected chi connectivity index (χ1v) is 5.55. The van der Waals surface area contributed by atoms with E-state index >= 15 is 0 Å². The van der Waals surface area contributed by atoms with Crippen molar-refractivity contribution in [3.8, 4) is 0 Å². The lowest BCUT2D eigenvalue weighted by Crippen LogP contribution is -2.22. The lowest BCUT2D eigenvalue weighted by atomic mass is 9.95. The van der Waals surface area contributed by atoms with Gasteiger partial charge in [0.1, 0.15) is 0 Å². The van der Waals surface area contributed by atoms with Crippen LogP contribution < -0.4 is 5.32 Å². The highest BCUT2D eigenvalue weighted by atomic mass is 79.9. The number of Topliss-reactive ketones (excluding diaryl/α,β-unsaturated/α-hetero) is 1. The van der Waals surface area contributed by atoms with Crippen molar-refractivity contribution in [2.45, 2.75) is 32.1 Å². The van der Waals surface area contributed by atoms with Gasteiger partial charge in [0.15, 0.2) is 5.78 Å². The van der Waals surface area contributed by atoms with Crippen LogP contribution in [0.25, 0.3) is 0 Å². The van der Waals surface area contributed by atoms with Gasteiger partial charge in [0.2, 0.25) is 5.91 Å². The van der Waals surface area contributed by atoms with Crippen LogP contribution in [0.5, 0.6) is 0 Å². The van der Waals surface area contributed by atoms with Gasteiger partial charge in [0, 0.05) is 17.1 Å². The van der Waals surface area contributed by atoms with Crippen LogP contribution in [-0.2, 0) is 9.59 Å². The second-order valence-corrected chi connectivity index (χ2v) is 4.32. The van der Waals surface area contributed by atoms with E-state index in [1.54, 1.807) is 7.05 Å². The van der Waals surface area contributed by atoms with E-state index in [-0.39, 0.29) is 18.1 Å². The van der Waals surface area contributed by atoms with Gasteiger partial charge in [-0.15, -0.1) is 0 Å². The fourth-order valence-electron chi connectivity index (χ4n) is 1.50. The average molecular weight is 260 g/mol. The highest BCUT2D eigenvalue weighted by molar-refractivity contribution is 9.11. The van der Waals surface area contributed by atoms with Gasteiger partial charge < -0.3 is 5.32 Å². The van der Waals surface area contributed by atoms with Gasteiger partial charge >= 0.3 is 0 Å². The summed E-state index contributed by atoms with van der Waals surface area (Å²) < 4.78 is 0.984. The summed E-state index contributed by atoms with van der Waals surface area (Å²) in [5.41, 5.74) is 0.805. The van der Waals surface area contributed by atoms with Crippen LogP contribution in [0.15, 0.2) is 10.1 Å². The molecular weight excluding hydrogens is 246 g/mol. The number of halogens is 1. The molecular formula is C10H14BrNO2. The number of hydrogen-bond donors (Lipinski definition) is 1. The summed E-state index contributed by atoms with van der Waals surface area (Å²) in [6.45, 7) is 0. The number of amides is 1. The van der Waals surface area contributed by atoms with Gasteiger partial charge in [-0.3, -0.25) is 9.59 Å². The van der Waals surface area contributed by atoms with Crippen LogP contribution >= 0.6 is 15.9 Å². The quantitative estimate of drug-likeness (QED) is 0.788. The minimum Gasteiger partial charge on any atom is -0.359 e. The lowest BCUT2D eigenvalue weighted by molar-refractivity contribution is -0.126. The number of allylic oxidation sites excluding steroid dienone is 2. The van der Waals surface area contributed by atoms with Gasteiger partial charge in [0.05, 0.1) is 6.42 Å². The Kier molecular flexibility index (Phi) is 4.32. The van der Waals surface area contributed by atoms with Gasteiger partial charge in [-0.1, -0.05) is 15.9 Å². The molecule has 0 heterocycles. The first-order chi connectivity index (χ1) is 6.65. The van der Waals surface area contributed by atoms with Crippen LogP contribution in [-0.4, -0.2) is 18.7 Å². The van der Waals surface area contributed by atoms with E-state index in [0.29, 0.717) is 0 Å². The van der Waals surface area contributed by atoms with Gasteiger partial charge in [-0.25, -0.2) is 0 Å². The summed E-state index contributed by atoms with van der Waals surface area (Å²) in [5.74, 6) is -0.260. The minimum atomic E-state index is -0.214. The molecule has 1 aliphatic rings. The van der Waals surface area contributed by atoms with E-state index in [4.69, 9.17) is 0 Å². The van der Waals surface area contributed by atoms with Crippen molar-refractivity contribution < 1.29 is 9.59 Å². The maximum Gasteiger partial charge on any atom is 0.227 e. The number of carbonyl (C=O) groups is 2. The number of ketones is 1. The Labute approximate surface area is 92.1 Å². The predicted octanol–water partition coefficient (Wildman–Crippen LogP) is 1.91. The first-order valence-electron chi connectivity index (χ1n) is 4.76. The molecule has 0 fully saturated rings. The molecule has 0 spiro atoms. The first kappa shape index (κ1) is 11.4. The molecule has 0 radical (unpaired) electrons. The molecule has 3 nitrogen and oxygen atoms in total. The van der Waals surface area contributed by atoms with E-state index in [1.807, 2.05) is 0 Å². The van der Waals surface area contributed by atoms with Crippen molar-refractivity contribution >= 4 is 27.6 Å². The number of rotatable bonds is 3. The van der Waals surface area contributed by atoms with Crippen molar-refractivity contribution in [2.24, 2.45) is 0 Å². The largest absolute Gasteiger partial charge is 0.359 e. The van der Waals surface area contributed by atoms with Crippen LogP contribution in [0.1, 0.15) is 32.1 Å². The summed E-state index contributed by atoms with van der Waals surface area (Å²) in [7, 11) is 1.54.